The third-order valence-electron chi connectivity index (χ3n) is 3.54. The van der Waals surface area contributed by atoms with Gasteiger partial charge in [-0.15, -0.1) is 0 Å². The van der Waals surface area contributed by atoms with Crippen LogP contribution in [-0.4, -0.2) is 18.8 Å². The second kappa shape index (κ2) is 5.79. The summed E-state index contributed by atoms with van der Waals surface area (Å²) in [6.07, 6.45) is 2.15. The highest BCUT2D eigenvalue weighted by Crippen LogP contribution is 2.40. The van der Waals surface area contributed by atoms with Crippen molar-refractivity contribution in [3.63, 3.8) is 0 Å². The van der Waals surface area contributed by atoms with E-state index in [-0.39, 0.29) is 11.6 Å². The molecular weight excluding hydrogens is 269 g/mol. The van der Waals surface area contributed by atoms with E-state index in [1.54, 1.807) is 6.07 Å². The first-order valence-corrected chi connectivity index (χ1v) is 7.14. The largest absolute Gasteiger partial charge is 0.373 e. The highest BCUT2D eigenvalue weighted by molar-refractivity contribution is 6.35. The van der Waals surface area contributed by atoms with Crippen LogP contribution in [0.5, 0.6) is 0 Å². The van der Waals surface area contributed by atoms with E-state index < -0.39 is 0 Å². The van der Waals surface area contributed by atoms with Gasteiger partial charge in [-0.1, -0.05) is 36.2 Å². The summed E-state index contributed by atoms with van der Waals surface area (Å²) in [4.78, 5) is 0. The summed E-state index contributed by atoms with van der Waals surface area (Å²) in [5.74, 6) is 0. The molecule has 0 aliphatic carbocycles. The van der Waals surface area contributed by atoms with Crippen LogP contribution >= 0.6 is 23.2 Å². The first kappa shape index (κ1) is 14.1. The topological polar surface area (TPSA) is 21.3 Å². The average molecular weight is 288 g/mol. The van der Waals surface area contributed by atoms with Gasteiger partial charge < -0.3 is 10.1 Å². The van der Waals surface area contributed by atoms with Crippen LogP contribution in [0.1, 0.15) is 38.3 Å². The molecule has 1 N–H and O–H groups in total. The van der Waals surface area contributed by atoms with E-state index >= 15 is 0 Å². The Kier molecular flexibility index (Phi) is 4.54. The van der Waals surface area contributed by atoms with Crippen molar-refractivity contribution in [3.8, 4) is 0 Å². The summed E-state index contributed by atoms with van der Waals surface area (Å²) >= 11 is 12.3. The minimum Gasteiger partial charge on any atom is -0.373 e. The zero-order valence-corrected chi connectivity index (χ0v) is 12.3. The molecule has 0 aromatic heterocycles. The number of benzene rings is 1. The molecule has 0 saturated carbocycles. The Morgan fingerprint density at radius 3 is 2.78 bits per heavy atom. The third kappa shape index (κ3) is 2.83. The maximum atomic E-state index is 6.32. The highest BCUT2D eigenvalue weighted by Gasteiger charge is 2.39. The van der Waals surface area contributed by atoms with Crippen LogP contribution in [0.25, 0.3) is 0 Å². The number of ether oxygens (including phenoxy) is 1. The molecule has 2 nitrogen and oxygen atoms in total. The molecule has 4 heteroatoms. The van der Waals surface area contributed by atoms with Crippen LogP contribution in [-0.2, 0) is 4.74 Å². The molecule has 0 radical (unpaired) electrons. The van der Waals surface area contributed by atoms with E-state index in [1.807, 2.05) is 12.1 Å². The van der Waals surface area contributed by atoms with Crippen molar-refractivity contribution in [2.24, 2.45) is 0 Å². The molecule has 1 fully saturated rings. The smallest absolute Gasteiger partial charge is 0.0849 e. The van der Waals surface area contributed by atoms with Crippen LogP contribution in [0.2, 0.25) is 10.0 Å². The summed E-state index contributed by atoms with van der Waals surface area (Å²) in [6.45, 7) is 5.94. The van der Waals surface area contributed by atoms with E-state index in [2.05, 4.69) is 19.2 Å². The summed E-state index contributed by atoms with van der Waals surface area (Å²) in [5, 5.41) is 4.85. The highest BCUT2D eigenvalue weighted by atomic mass is 35.5. The summed E-state index contributed by atoms with van der Waals surface area (Å²) in [7, 11) is 0. The van der Waals surface area contributed by atoms with Crippen molar-refractivity contribution >= 4 is 23.2 Å². The fraction of sp³-hybridized carbons (Fsp3) is 0.571. The quantitative estimate of drug-likeness (QED) is 0.896. The van der Waals surface area contributed by atoms with Gasteiger partial charge in [0.1, 0.15) is 0 Å². The molecule has 1 aliphatic heterocycles. The average Bonchev–Trinajstić information content (AvgIpc) is 2.75. The third-order valence-corrected chi connectivity index (χ3v) is 4.10. The standard InChI is InChI=1S/C14H19Cl2NO/c1-3-17-13(14(2)7-4-8-18-14)11-6-5-10(15)9-12(11)16/h5-6,9,13,17H,3-4,7-8H2,1-2H3. The Morgan fingerprint density at radius 1 is 1.44 bits per heavy atom. The van der Waals surface area contributed by atoms with Gasteiger partial charge in [-0.05, 0) is 44.0 Å². The SMILES string of the molecule is CCNC(c1ccc(Cl)cc1Cl)C1(C)CCCO1. The summed E-state index contributed by atoms with van der Waals surface area (Å²) < 4.78 is 5.94. The van der Waals surface area contributed by atoms with Crippen LogP contribution in [0.3, 0.4) is 0 Å². The lowest BCUT2D eigenvalue weighted by molar-refractivity contribution is -0.0120. The Labute approximate surface area is 119 Å². The molecular formula is C14H19Cl2NO. The van der Waals surface area contributed by atoms with E-state index in [4.69, 9.17) is 27.9 Å². The Bertz CT molecular complexity index is 416. The lowest BCUT2D eigenvalue weighted by Crippen LogP contribution is -2.41. The van der Waals surface area contributed by atoms with Gasteiger partial charge in [-0.3, -0.25) is 0 Å². The van der Waals surface area contributed by atoms with E-state index in [0.29, 0.717) is 10.0 Å². The van der Waals surface area contributed by atoms with Crippen LogP contribution in [0.4, 0.5) is 0 Å². The number of hydrogen-bond donors (Lipinski definition) is 1. The van der Waals surface area contributed by atoms with Crippen molar-refractivity contribution in [1.82, 2.24) is 5.32 Å². The van der Waals surface area contributed by atoms with Crippen molar-refractivity contribution in [2.45, 2.75) is 38.3 Å². The van der Waals surface area contributed by atoms with Crippen molar-refractivity contribution in [1.29, 1.82) is 0 Å². The minimum atomic E-state index is -0.187. The molecule has 100 valence electrons. The second-order valence-corrected chi connectivity index (χ2v) is 5.76. The molecule has 1 aliphatic rings. The van der Waals surface area contributed by atoms with Gasteiger partial charge in [0.2, 0.25) is 0 Å². The first-order valence-electron chi connectivity index (χ1n) is 6.39. The zero-order chi connectivity index (χ0) is 13.2. The Balaban J connectivity index is 2.34. The molecule has 0 spiro atoms. The lowest BCUT2D eigenvalue weighted by atomic mass is 9.87. The Morgan fingerprint density at radius 2 is 2.22 bits per heavy atom. The molecule has 0 amide bonds. The van der Waals surface area contributed by atoms with Crippen molar-refractivity contribution in [2.75, 3.05) is 13.2 Å². The lowest BCUT2D eigenvalue weighted by Gasteiger charge is -2.34. The van der Waals surface area contributed by atoms with Gasteiger partial charge in [-0.2, -0.15) is 0 Å². The molecule has 1 aromatic carbocycles. The molecule has 0 bridgehead atoms. The fourth-order valence-electron chi connectivity index (χ4n) is 2.62. The maximum absolute atomic E-state index is 6.32. The van der Waals surface area contributed by atoms with Gasteiger partial charge in [0, 0.05) is 16.7 Å². The predicted molar refractivity (Wildman–Crippen MR) is 76.5 cm³/mol. The molecule has 2 atom stereocenters. The predicted octanol–water partition coefficient (Wildman–Crippen LogP) is 4.21. The van der Waals surface area contributed by atoms with E-state index in [1.165, 1.54) is 0 Å². The summed E-state index contributed by atoms with van der Waals surface area (Å²) in [6, 6.07) is 5.77. The monoisotopic (exact) mass is 287 g/mol. The second-order valence-electron chi connectivity index (χ2n) is 4.92. The van der Waals surface area contributed by atoms with Gasteiger partial charge in [-0.25, -0.2) is 0 Å². The summed E-state index contributed by atoms with van der Waals surface area (Å²) in [5.41, 5.74) is 0.875. The van der Waals surface area contributed by atoms with Gasteiger partial charge in [0.05, 0.1) is 11.6 Å². The number of likely N-dealkylation sites (N-methyl/N-ethyl adjacent to an activating group) is 1. The van der Waals surface area contributed by atoms with Crippen LogP contribution in [0.15, 0.2) is 18.2 Å². The molecule has 1 aromatic rings. The van der Waals surface area contributed by atoms with Crippen molar-refractivity contribution in [3.05, 3.63) is 33.8 Å². The maximum Gasteiger partial charge on any atom is 0.0849 e. The molecule has 18 heavy (non-hydrogen) atoms. The first-order chi connectivity index (χ1) is 8.57. The minimum absolute atomic E-state index is 0.106. The normalized spacial score (nSPS) is 25.3. The van der Waals surface area contributed by atoms with Crippen LogP contribution in [0, 0.1) is 0 Å². The molecule has 1 saturated heterocycles. The van der Waals surface area contributed by atoms with E-state index in [0.717, 1.165) is 31.6 Å². The van der Waals surface area contributed by atoms with Gasteiger partial charge >= 0.3 is 0 Å². The number of rotatable bonds is 4. The number of hydrogen-bond acceptors (Lipinski definition) is 2. The number of nitrogens with one attached hydrogen (secondary N) is 1. The Hall–Kier alpha value is -0.280. The van der Waals surface area contributed by atoms with Crippen LogP contribution < -0.4 is 5.32 Å². The van der Waals surface area contributed by atoms with Gasteiger partial charge in [0.25, 0.3) is 0 Å². The number of halogens is 2. The zero-order valence-electron chi connectivity index (χ0n) is 10.8. The molecule has 2 rings (SSSR count). The van der Waals surface area contributed by atoms with Gasteiger partial charge in [0.15, 0.2) is 0 Å². The fourth-order valence-corrected chi connectivity index (χ4v) is 3.14. The molecule has 2 unspecified atom stereocenters. The van der Waals surface area contributed by atoms with Crippen molar-refractivity contribution < 1.29 is 4.74 Å². The molecule has 1 heterocycles. The van der Waals surface area contributed by atoms with E-state index in [9.17, 15) is 0 Å².